The van der Waals surface area contributed by atoms with Gasteiger partial charge >= 0.3 is 0 Å². The van der Waals surface area contributed by atoms with Crippen LogP contribution in [0.2, 0.25) is 0 Å². The van der Waals surface area contributed by atoms with Gasteiger partial charge in [0.15, 0.2) is 0 Å². The maximum Gasteiger partial charge on any atom is 0.138 e. The molecule has 3 heterocycles. The van der Waals surface area contributed by atoms with Gasteiger partial charge < -0.3 is 10.1 Å². The Labute approximate surface area is 132 Å². The van der Waals surface area contributed by atoms with E-state index in [-0.39, 0.29) is 5.75 Å². The Hall–Kier alpha value is -3.34. The van der Waals surface area contributed by atoms with Crippen LogP contribution in [0.1, 0.15) is 0 Å². The molecule has 0 bridgehead atoms. The molecular formula is C18H14N4O. The molecule has 0 saturated carbocycles. The van der Waals surface area contributed by atoms with E-state index in [2.05, 4.69) is 15.0 Å². The summed E-state index contributed by atoms with van der Waals surface area (Å²) in [6, 6.07) is 17.0. The Kier molecular flexibility index (Phi) is 3.16. The van der Waals surface area contributed by atoms with Gasteiger partial charge in [0.05, 0.1) is 11.4 Å². The summed E-state index contributed by atoms with van der Waals surface area (Å²) in [6.07, 6.45) is 5.29. The largest absolute Gasteiger partial charge is 0.507 e. The number of aromatic nitrogens is 4. The van der Waals surface area contributed by atoms with Crippen LogP contribution < -0.4 is 0 Å². The summed E-state index contributed by atoms with van der Waals surface area (Å²) in [5.74, 6) is 1.06. The summed E-state index contributed by atoms with van der Waals surface area (Å²) in [5.41, 5.74) is 3.35. The SMILES string of the molecule is Oc1ccccc1-c1ccc(-c2cccc(-n3ccnc3)n2)[nH]1. The van der Waals surface area contributed by atoms with Gasteiger partial charge in [-0.15, -0.1) is 0 Å². The minimum atomic E-state index is 0.251. The molecule has 1 aromatic carbocycles. The second-order valence-corrected chi connectivity index (χ2v) is 5.15. The molecule has 4 rings (SSSR count). The lowest BCUT2D eigenvalue weighted by molar-refractivity contribution is 0.477. The molecule has 0 aliphatic heterocycles. The minimum absolute atomic E-state index is 0.251. The maximum absolute atomic E-state index is 9.97. The molecule has 0 spiro atoms. The van der Waals surface area contributed by atoms with Crippen molar-refractivity contribution in [2.75, 3.05) is 0 Å². The number of pyridine rings is 1. The first-order chi connectivity index (χ1) is 11.3. The van der Waals surface area contributed by atoms with Gasteiger partial charge in [-0.05, 0) is 36.4 Å². The van der Waals surface area contributed by atoms with Crippen molar-refractivity contribution in [3.63, 3.8) is 0 Å². The molecule has 5 nitrogen and oxygen atoms in total. The number of aromatic amines is 1. The van der Waals surface area contributed by atoms with E-state index in [1.165, 1.54) is 0 Å². The van der Waals surface area contributed by atoms with E-state index < -0.39 is 0 Å². The molecule has 0 amide bonds. The molecule has 23 heavy (non-hydrogen) atoms. The first-order valence-corrected chi connectivity index (χ1v) is 7.24. The Morgan fingerprint density at radius 1 is 0.913 bits per heavy atom. The quantitative estimate of drug-likeness (QED) is 0.607. The Bertz CT molecular complexity index is 941. The zero-order chi connectivity index (χ0) is 15.6. The van der Waals surface area contributed by atoms with Crippen LogP contribution in [0.25, 0.3) is 28.5 Å². The van der Waals surface area contributed by atoms with E-state index in [0.717, 1.165) is 28.5 Å². The maximum atomic E-state index is 9.97. The average molecular weight is 302 g/mol. The molecule has 0 unspecified atom stereocenters. The zero-order valence-electron chi connectivity index (χ0n) is 12.2. The molecule has 0 atom stereocenters. The molecule has 4 aromatic rings. The number of nitrogens with zero attached hydrogens (tertiary/aromatic N) is 3. The van der Waals surface area contributed by atoms with Gasteiger partial charge in [-0.25, -0.2) is 9.97 Å². The lowest BCUT2D eigenvalue weighted by Crippen LogP contribution is -1.95. The third kappa shape index (κ3) is 2.48. The molecular weight excluding hydrogens is 288 g/mol. The molecule has 2 N–H and O–H groups in total. The normalized spacial score (nSPS) is 10.8. The fourth-order valence-corrected chi connectivity index (χ4v) is 2.51. The highest BCUT2D eigenvalue weighted by Gasteiger charge is 2.08. The van der Waals surface area contributed by atoms with Gasteiger partial charge in [0.1, 0.15) is 17.9 Å². The number of imidazole rings is 1. The van der Waals surface area contributed by atoms with Crippen LogP contribution in [-0.4, -0.2) is 24.6 Å². The van der Waals surface area contributed by atoms with Gasteiger partial charge in [0, 0.05) is 23.7 Å². The summed E-state index contributed by atoms with van der Waals surface area (Å²) >= 11 is 0. The molecule has 112 valence electrons. The van der Waals surface area contributed by atoms with Crippen molar-refractivity contribution >= 4 is 0 Å². The minimum Gasteiger partial charge on any atom is -0.507 e. The number of phenolic OH excluding ortho intramolecular Hbond substituents is 1. The van der Waals surface area contributed by atoms with Crippen LogP contribution in [0.4, 0.5) is 0 Å². The van der Waals surface area contributed by atoms with Crippen molar-refractivity contribution < 1.29 is 5.11 Å². The smallest absolute Gasteiger partial charge is 0.138 e. The molecule has 5 heteroatoms. The molecule has 0 aliphatic rings. The third-order valence-corrected chi connectivity index (χ3v) is 3.66. The molecule has 0 aliphatic carbocycles. The fourth-order valence-electron chi connectivity index (χ4n) is 2.51. The number of benzene rings is 1. The van der Waals surface area contributed by atoms with Crippen molar-refractivity contribution in [3.05, 3.63) is 73.3 Å². The lowest BCUT2D eigenvalue weighted by atomic mass is 10.1. The highest BCUT2D eigenvalue weighted by atomic mass is 16.3. The first-order valence-electron chi connectivity index (χ1n) is 7.24. The van der Waals surface area contributed by atoms with Crippen molar-refractivity contribution in [3.8, 4) is 34.2 Å². The van der Waals surface area contributed by atoms with Crippen LogP contribution in [0.5, 0.6) is 5.75 Å². The first kappa shape index (κ1) is 13.3. The molecule has 3 aromatic heterocycles. The van der Waals surface area contributed by atoms with Crippen molar-refractivity contribution in [2.24, 2.45) is 0 Å². The van der Waals surface area contributed by atoms with Gasteiger partial charge in [-0.2, -0.15) is 0 Å². The van der Waals surface area contributed by atoms with Crippen LogP contribution in [0.15, 0.2) is 73.3 Å². The number of para-hydroxylation sites is 1. The topological polar surface area (TPSA) is 66.7 Å². The highest BCUT2D eigenvalue weighted by molar-refractivity contribution is 5.71. The van der Waals surface area contributed by atoms with Crippen LogP contribution in [0.3, 0.4) is 0 Å². The second kappa shape index (κ2) is 5.46. The molecule has 0 fully saturated rings. The standard InChI is InChI=1S/C18H14N4O/c23-17-6-2-1-4-13(17)14-8-9-16(20-14)15-5-3-7-18(21-15)22-11-10-19-12-22/h1-12,20,23H. The summed E-state index contributed by atoms with van der Waals surface area (Å²) in [5, 5.41) is 9.97. The van der Waals surface area contributed by atoms with E-state index in [0.29, 0.717) is 0 Å². The predicted octanol–water partition coefficient (Wildman–Crippen LogP) is 3.64. The number of phenols is 1. The van der Waals surface area contributed by atoms with E-state index in [1.54, 1.807) is 24.7 Å². The fraction of sp³-hybridized carbons (Fsp3) is 0. The number of aromatic hydroxyl groups is 1. The van der Waals surface area contributed by atoms with Crippen LogP contribution >= 0.6 is 0 Å². The lowest BCUT2D eigenvalue weighted by Gasteiger charge is -2.04. The van der Waals surface area contributed by atoms with Gasteiger partial charge in [0.25, 0.3) is 0 Å². The Balaban J connectivity index is 1.73. The summed E-state index contributed by atoms with van der Waals surface area (Å²) in [4.78, 5) is 12.0. The average Bonchev–Trinajstić information content (AvgIpc) is 3.27. The van der Waals surface area contributed by atoms with Crippen molar-refractivity contribution in [1.29, 1.82) is 0 Å². The van der Waals surface area contributed by atoms with E-state index in [1.807, 2.05) is 53.2 Å². The molecule has 0 saturated heterocycles. The predicted molar refractivity (Wildman–Crippen MR) is 88.2 cm³/mol. The Morgan fingerprint density at radius 2 is 1.78 bits per heavy atom. The van der Waals surface area contributed by atoms with Crippen molar-refractivity contribution in [2.45, 2.75) is 0 Å². The van der Waals surface area contributed by atoms with E-state index >= 15 is 0 Å². The van der Waals surface area contributed by atoms with E-state index in [4.69, 9.17) is 0 Å². The number of hydrogen-bond donors (Lipinski definition) is 2. The van der Waals surface area contributed by atoms with Crippen LogP contribution in [0, 0.1) is 0 Å². The summed E-state index contributed by atoms with van der Waals surface area (Å²) in [7, 11) is 0. The zero-order valence-corrected chi connectivity index (χ0v) is 12.2. The number of H-pyrrole nitrogens is 1. The second-order valence-electron chi connectivity index (χ2n) is 5.15. The number of rotatable bonds is 3. The number of nitrogens with one attached hydrogen (secondary N) is 1. The molecule has 0 radical (unpaired) electrons. The Morgan fingerprint density at radius 3 is 2.61 bits per heavy atom. The summed E-state index contributed by atoms with van der Waals surface area (Å²) < 4.78 is 1.86. The van der Waals surface area contributed by atoms with Gasteiger partial charge in [-0.3, -0.25) is 4.57 Å². The van der Waals surface area contributed by atoms with Crippen LogP contribution in [-0.2, 0) is 0 Å². The summed E-state index contributed by atoms with van der Waals surface area (Å²) in [6.45, 7) is 0. The van der Waals surface area contributed by atoms with Gasteiger partial charge in [0.2, 0.25) is 0 Å². The highest BCUT2D eigenvalue weighted by Crippen LogP contribution is 2.30. The monoisotopic (exact) mass is 302 g/mol. The number of hydrogen-bond acceptors (Lipinski definition) is 3. The third-order valence-electron chi connectivity index (χ3n) is 3.66. The van der Waals surface area contributed by atoms with E-state index in [9.17, 15) is 5.11 Å². The van der Waals surface area contributed by atoms with Crippen molar-refractivity contribution in [1.82, 2.24) is 19.5 Å². The van der Waals surface area contributed by atoms with Gasteiger partial charge in [-0.1, -0.05) is 18.2 Å².